The average Bonchev–Trinajstić information content (AvgIpc) is 4.15. The Balaban J connectivity index is 0.690. The highest BCUT2D eigenvalue weighted by Crippen LogP contribution is 2.49. The van der Waals surface area contributed by atoms with Crippen molar-refractivity contribution in [3.8, 4) is 22.9 Å². The summed E-state index contributed by atoms with van der Waals surface area (Å²) in [7, 11) is 0. The monoisotopic (exact) mass is 995 g/mol. The van der Waals surface area contributed by atoms with Gasteiger partial charge in [0.05, 0.1) is 12.2 Å². The van der Waals surface area contributed by atoms with Crippen LogP contribution in [0.25, 0.3) is 32.8 Å². The summed E-state index contributed by atoms with van der Waals surface area (Å²) in [6.07, 6.45) is 11.5. The number of fused-ring (bicyclic) bond motifs is 2. The lowest BCUT2D eigenvalue weighted by Gasteiger charge is -2.47. The van der Waals surface area contributed by atoms with Gasteiger partial charge in [-0.25, -0.2) is 9.18 Å². The van der Waals surface area contributed by atoms with Crippen LogP contribution in [0.15, 0.2) is 60.7 Å². The maximum Gasteiger partial charge on any atom is 0.328 e. The Hall–Kier alpha value is -5.90. The zero-order chi connectivity index (χ0) is 50.6. The Labute approximate surface area is 427 Å². The number of aromatic hydroxyl groups is 1. The number of amides is 4. The lowest BCUT2D eigenvalue weighted by Crippen LogP contribution is -2.50. The number of imide groups is 1. The van der Waals surface area contributed by atoms with Crippen molar-refractivity contribution in [2.24, 2.45) is 16.7 Å². The third-order valence-corrected chi connectivity index (χ3v) is 17.5. The first-order chi connectivity index (χ1) is 35.2. The second kappa shape index (κ2) is 19.7. The first-order valence-corrected chi connectivity index (χ1v) is 27.0. The number of aliphatic hydroxyl groups is 1. The van der Waals surface area contributed by atoms with E-state index in [1.54, 1.807) is 23.1 Å². The molecule has 6 aliphatic rings. The molecule has 11 rings (SSSR count). The number of hydrogen-bond donors (Lipinski definition) is 3. The molecule has 1 spiro atoms. The van der Waals surface area contributed by atoms with Crippen LogP contribution in [0.5, 0.6) is 11.8 Å². The predicted octanol–water partition coefficient (Wildman–Crippen LogP) is 8.85. The summed E-state index contributed by atoms with van der Waals surface area (Å²) < 4.78 is 23.8. The van der Waals surface area contributed by atoms with Crippen LogP contribution in [0.4, 0.5) is 20.7 Å². The van der Waals surface area contributed by atoms with Gasteiger partial charge < -0.3 is 34.5 Å². The highest BCUT2D eigenvalue weighted by atomic mass is 19.1. The van der Waals surface area contributed by atoms with E-state index in [4.69, 9.17) is 14.7 Å². The zero-order valence-electron chi connectivity index (χ0n) is 42.9. The van der Waals surface area contributed by atoms with Gasteiger partial charge in [-0.15, -0.1) is 0 Å². The number of ether oxygens (including phenoxy) is 1. The number of halogens is 1. The Morgan fingerprint density at radius 2 is 1.63 bits per heavy atom. The molecule has 73 heavy (non-hydrogen) atoms. The van der Waals surface area contributed by atoms with Crippen LogP contribution >= 0.6 is 0 Å². The number of anilines is 2. The molecular formula is C58H71FN8O6. The summed E-state index contributed by atoms with van der Waals surface area (Å²) in [5.41, 5.74) is 3.74. The van der Waals surface area contributed by atoms with Crippen molar-refractivity contribution in [1.82, 2.24) is 30.0 Å². The van der Waals surface area contributed by atoms with E-state index in [2.05, 4.69) is 22.0 Å². The minimum atomic E-state index is -0.908. The van der Waals surface area contributed by atoms with Gasteiger partial charge in [-0.2, -0.15) is 9.97 Å². The number of carbonyl (C=O) groups is 3. The molecule has 15 heteroatoms. The molecule has 5 aromatic rings. The SMILES string of the molecule is CCc1cccc2cc(O)cc(-c3ccc4c(N5CCC[C@@](C)(O)C5)nc(OCC5(CN6CCN(CC7CCC8(CC7)CCN(C(=O)c7ccc(C)c(N9CCC(=O)NC9=O)c7)CC8)CC6)CC5)nc4c3F)c12. The highest BCUT2D eigenvalue weighted by molar-refractivity contribution is 6.07. The van der Waals surface area contributed by atoms with Gasteiger partial charge in [0.25, 0.3) is 5.91 Å². The minimum absolute atomic E-state index is 0.00707. The van der Waals surface area contributed by atoms with Crippen LogP contribution in [0.3, 0.4) is 0 Å². The number of hydrogen-bond acceptors (Lipinski definition) is 11. The fourth-order valence-electron chi connectivity index (χ4n) is 12.9. The first-order valence-electron chi connectivity index (χ1n) is 27.0. The summed E-state index contributed by atoms with van der Waals surface area (Å²) in [5, 5.41) is 26.7. The number of likely N-dealkylation sites (tertiary alicyclic amines) is 1. The van der Waals surface area contributed by atoms with E-state index in [0.717, 1.165) is 113 Å². The maximum absolute atomic E-state index is 17.2. The number of rotatable bonds is 12. The van der Waals surface area contributed by atoms with E-state index in [1.807, 2.05) is 66.1 Å². The number of nitrogens with zero attached hydrogens (tertiary/aromatic N) is 7. The van der Waals surface area contributed by atoms with Crippen molar-refractivity contribution in [2.45, 2.75) is 103 Å². The molecule has 14 nitrogen and oxygen atoms in total. The molecule has 4 aromatic carbocycles. The van der Waals surface area contributed by atoms with E-state index in [1.165, 1.54) is 25.7 Å². The molecule has 1 aromatic heterocycles. The third kappa shape index (κ3) is 10.2. The maximum atomic E-state index is 17.2. The number of aromatic nitrogens is 2. The minimum Gasteiger partial charge on any atom is -0.508 e. The molecule has 0 bridgehead atoms. The summed E-state index contributed by atoms with van der Waals surface area (Å²) in [6, 6.07) is 18.2. The molecule has 0 radical (unpaired) electrons. The summed E-state index contributed by atoms with van der Waals surface area (Å²) in [4.78, 5) is 58.7. The summed E-state index contributed by atoms with van der Waals surface area (Å²) in [5.74, 6) is 0.563. The van der Waals surface area contributed by atoms with Crippen molar-refractivity contribution < 1.29 is 33.7 Å². The van der Waals surface area contributed by atoms with Crippen molar-refractivity contribution in [1.29, 1.82) is 0 Å². The smallest absolute Gasteiger partial charge is 0.328 e. The molecule has 386 valence electrons. The van der Waals surface area contributed by atoms with Gasteiger partial charge in [0.1, 0.15) is 17.1 Å². The van der Waals surface area contributed by atoms with E-state index in [9.17, 15) is 24.6 Å². The number of carbonyl (C=O) groups excluding carboxylic acids is 3. The van der Waals surface area contributed by atoms with E-state index in [-0.39, 0.29) is 40.9 Å². The molecule has 3 N–H and O–H groups in total. The van der Waals surface area contributed by atoms with Crippen molar-refractivity contribution >= 4 is 51.0 Å². The Bertz CT molecular complexity index is 2930. The number of piperazine rings is 1. The van der Waals surface area contributed by atoms with Gasteiger partial charge in [0.15, 0.2) is 5.82 Å². The number of phenolic OH excluding ortho intramolecular Hbond substituents is 1. The normalized spacial score (nSPS) is 22.8. The highest BCUT2D eigenvalue weighted by Gasteiger charge is 2.46. The van der Waals surface area contributed by atoms with Crippen LogP contribution in [0.2, 0.25) is 0 Å². The lowest BCUT2D eigenvalue weighted by atomic mass is 9.65. The lowest BCUT2D eigenvalue weighted by molar-refractivity contribution is -0.120. The second-order valence-electron chi connectivity index (χ2n) is 22.9. The first kappa shape index (κ1) is 49.3. The molecule has 2 saturated carbocycles. The molecular weight excluding hydrogens is 924 g/mol. The molecule has 5 heterocycles. The number of aryl methyl sites for hydroxylation is 2. The van der Waals surface area contributed by atoms with Crippen LogP contribution < -0.4 is 19.9 Å². The van der Waals surface area contributed by atoms with Gasteiger partial charge in [-0.1, -0.05) is 37.3 Å². The van der Waals surface area contributed by atoms with Gasteiger partial charge in [-0.05, 0) is 154 Å². The number of benzene rings is 4. The number of nitrogens with one attached hydrogen (secondary N) is 1. The molecule has 0 unspecified atom stereocenters. The van der Waals surface area contributed by atoms with Gasteiger partial charge >= 0.3 is 12.0 Å². The molecule has 4 aliphatic heterocycles. The Kier molecular flexibility index (Phi) is 13.3. The van der Waals surface area contributed by atoms with E-state index >= 15 is 4.39 Å². The Morgan fingerprint density at radius 3 is 2.36 bits per heavy atom. The average molecular weight is 995 g/mol. The topological polar surface area (TPSA) is 155 Å². The van der Waals surface area contributed by atoms with E-state index in [0.29, 0.717) is 77.6 Å². The van der Waals surface area contributed by atoms with E-state index < -0.39 is 17.4 Å². The number of piperidine rings is 2. The number of phenols is 1. The molecule has 4 amide bonds. The summed E-state index contributed by atoms with van der Waals surface area (Å²) >= 11 is 0. The second-order valence-corrected chi connectivity index (χ2v) is 22.9. The molecule has 1 atom stereocenters. The van der Waals surface area contributed by atoms with Crippen LogP contribution in [-0.2, 0) is 11.2 Å². The zero-order valence-corrected chi connectivity index (χ0v) is 42.9. The van der Waals surface area contributed by atoms with Crippen LogP contribution in [-0.4, -0.2) is 137 Å². The standard InChI is InChI=1S/C58H71FN8O6/c1-4-40-7-5-8-41-31-43(68)33-46(49(40)41)44-11-12-45-51(50(44)59)61-54(62-52(45)66-23-6-16-56(3,72)35-66)73-37-58(19-20-58)36-64-29-27-63(28-30-64)34-39-13-17-57(18-14-39)21-25-65(26-22-57)53(70)42-10-9-38(2)47(32-42)67-24-15-48(69)60-55(67)71/h5,7-12,31-33,39,68,72H,4,6,13-30,34-37H2,1-3H3,(H,60,69,71)/t56-/m1/s1. The van der Waals surface area contributed by atoms with Gasteiger partial charge in [0.2, 0.25) is 5.91 Å². The third-order valence-electron chi connectivity index (χ3n) is 17.5. The van der Waals surface area contributed by atoms with Crippen LogP contribution in [0, 0.1) is 29.5 Å². The summed E-state index contributed by atoms with van der Waals surface area (Å²) in [6.45, 7) is 15.3. The molecule has 6 fully saturated rings. The van der Waals surface area contributed by atoms with Crippen molar-refractivity contribution in [3.05, 3.63) is 83.2 Å². The van der Waals surface area contributed by atoms with Crippen molar-refractivity contribution in [3.63, 3.8) is 0 Å². The van der Waals surface area contributed by atoms with Gasteiger partial charge in [-0.3, -0.25) is 19.8 Å². The fraction of sp³-hybridized carbons (Fsp3) is 0.534. The predicted molar refractivity (Wildman–Crippen MR) is 282 cm³/mol. The van der Waals surface area contributed by atoms with Crippen LogP contribution in [0.1, 0.15) is 106 Å². The largest absolute Gasteiger partial charge is 0.508 e. The number of β-amino-alcohol motifs (C(OH)–C–C–N with tert-alkyl or cyclic N) is 1. The van der Waals surface area contributed by atoms with Gasteiger partial charge in [0, 0.05) is 106 Å². The molecule has 2 aliphatic carbocycles. The Morgan fingerprint density at radius 1 is 0.863 bits per heavy atom. The number of urea groups is 1. The fourth-order valence-corrected chi connectivity index (χ4v) is 12.9. The quantitative estimate of drug-likeness (QED) is 0.110. The van der Waals surface area contributed by atoms with Crippen molar-refractivity contribution in [2.75, 3.05) is 88.4 Å². The molecule has 4 saturated heterocycles.